The summed E-state index contributed by atoms with van der Waals surface area (Å²) in [7, 11) is 0. The van der Waals surface area contributed by atoms with Crippen LogP contribution in [0.25, 0.3) is 0 Å². The van der Waals surface area contributed by atoms with Gasteiger partial charge in [-0.15, -0.1) is 0 Å². The van der Waals surface area contributed by atoms with Gasteiger partial charge in [-0.1, -0.05) is 27.7 Å². The second kappa shape index (κ2) is 3.81. The molecule has 0 bridgehead atoms. The highest BCUT2D eigenvalue weighted by atomic mass is 14.3. The third-order valence-electron chi connectivity index (χ3n) is 3.26. The summed E-state index contributed by atoms with van der Waals surface area (Å²) in [5.41, 5.74) is 0.646. The monoisotopic (exact) mass is 168 g/mol. The Labute approximate surface area is 77.7 Å². The molecular formula is C12H24. The molecule has 0 atom stereocenters. The topological polar surface area (TPSA) is 0 Å². The third kappa shape index (κ3) is 3.16. The van der Waals surface area contributed by atoms with Gasteiger partial charge in [0.05, 0.1) is 0 Å². The van der Waals surface area contributed by atoms with Crippen LogP contribution in [0.4, 0.5) is 0 Å². The second-order valence-corrected chi connectivity index (χ2v) is 5.74. The molecule has 1 rings (SSSR count). The normalized spacial score (nSPS) is 24.8. The van der Waals surface area contributed by atoms with Crippen LogP contribution in [0.2, 0.25) is 0 Å². The Morgan fingerprint density at radius 2 is 1.67 bits per heavy atom. The molecule has 0 aliphatic heterocycles. The van der Waals surface area contributed by atoms with Gasteiger partial charge in [0.15, 0.2) is 0 Å². The first kappa shape index (κ1) is 10.1. The van der Waals surface area contributed by atoms with Gasteiger partial charge in [-0.05, 0) is 49.4 Å². The Hall–Kier alpha value is 0. The zero-order chi connectivity index (χ0) is 9.19. The van der Waals surface area contributed by atoms with E-state index in [0.29, 0.717) is 5.41 Å². The van der Waals surface area contributed by atoms with Crippen LogP contribution in [-0.2, 0) is 0 Å². The fraction of sp³-hybridized carbons (Fsp3) is 1.00. The van der Waals surface area contributed by atoms with Crippen molar-refractivity contribution in [2.45, 2.75) is 59.8 Å². The number of hydrogen-bond acceptors (Lipinski definition) is 0. The maximum atomic E-state index is 2.42. The van der Waals surface area contributed by atoms with Crippen molar-refractivity contribution in [1.29, 1.82) is 0 Å². The zero-order valence-electron chi connectivity index (χ0n) is 9.19. The molecule has 0 amide bonds. The summed E-state index contributed by atoms with van der Waals surface area (Å²) in [5, 5.41) is 0. The molecule has 0 unspecified atom stereocenters. The second-order valence-electron chi connectivity index (χ2n) is 5.74. The van der Waals surface area contributed by atoms with Crippen molar-refractivity contribution in [3.05, 3.63) is 0 Å². The summed E-state index contributed by atoms with van der Waals surface area (Å²) in [6.45, 7) is 9.52. The molecule has 1 aliphatic carbocycles. The van der Waals surface area contributed by atoms with E-state index in [1.54, 1.807) is 0 Å². The van der Waals surface area contributed by atoms with Gasteiger partial charge in [-0.3, -0.25) is 0 Å². The van der Waals surface area contributed by atoms with Crippen molar-refractivity contribution in [3.63, 3.8) is 0 Å². The van der Waals surface area contributed by atoms with Gasteiger partial charge in [-0.25, -0.2) is 0 Å². The Balaban J connectivity index is 2.27. The fourth-order valence-corrected chi connectivity index (χ4v) is 2.36. The Kier molecular flexibility index (Phi) is 3.20. The molecule has 1 fully saturated rings. The molecule has 0 spiro atoms. The molecule has 0 saturated heterocycles. The lowest BCUT2D eigenvalue weighted by atomic mass is 9.71. The maximum Gasteiger partial charge on any atom is -0.0354 e. The minimum absolute atomic E-state index is 0.646. The molecule has 0 aromatic heterocycles. The summed E-state index contributed by atoms with van der Waals surface area (Å²) in [5.74, 6) is 1.94. The van der Waals surface area contributed by atoms with Gasteiger partial charge in [-0.2, -0.15) is 0 Å². The largest absolute Gasteiger partial charge is 0.0628 e. The molecule has 1 aliphatic rings. The van der Waals surface area contributed by atoms with Crippen LogP contribution in [0.5, 0.6) is 0 Å². The first-order chi connectivity index (χ1) is 5.49. The summed E-state index contributed by atoms with van der Waals surface area (Å²) < 4.78 is 0. The van der Waals surface area contributed by atoms with Crippen LogP contribution in [0, 0.1) is 17.3 Å². The van der Waals surface area contributed by atoms with E-state index >= 15 is 0 Å². The molecule has 0 heterocycles. The van der Waals surface area contributed by atoms with Crippen LogP contribution in [0.1, 0.15) is 59.8 Å². The van der Waals surface area contributed by atoms with Gasteiger partial charge in [0.1, 0.15) is 0 Å². The van der Waals surface area contributed by atoms with E-state index < -0.39 is 0 Å². The molecule has 0 heteroatoms. The summed E-state index contributed by atoms with van der Waals surface area (Å²) >= 11 is 0. The quantitative estimate of drug-likeness (QED) is 0.578. The Morgan fingerprint density at radius 3 is 2.08 bits per heavy atom. The Morgan fingerprint density at radius 1 is 1.17 bits per heavy atom. The average molecular weight is 168 g/mol. The fourth-order valence-electron chi connectivity index (χ4n) is 2.36. The predicted octanol–water partition coefficient (Wildman–Crippen LogP) is 4.25. The third-order valence-corrected chi connectivity index (χ3v) is 3.26. The minimum atomic E-state index is 0.646. The first-order valence-electron chi connectivity index (χ1n) is 5.49. The highest BCUT2D eigenvalue weighted by molar-refractivity contribution is 4.78. The number of hydrogen-bond donors (Lipinski definition) is 0. The highest BCUT2D eigenvalue weighted by Crippen LogP contribution is 2.39. The molecule has 0 aromatic rings. The lowest BCUT2D eigenvalue weighted by molar-refractivity contribution is 0.175. The van der Waals surface area contributed by atoms with E-state index in [-0.39, 0.29) is 0 Å². The molecule has 12 heavy (non-hydrogen) atoms. The van der Waals surface area contributed by atoms with Crippen molar-refractivity contribution >= 4 is 0 Å². The highest BCUT2D eigenvalue weighted by Gasteiger charge is 2.26. The first-order valence-corrected chi connectivity index (χ1v) is 5.49. The van der Waals surface area contributed by atoms with Gasteiger partial charge in [0, 0.05) is 0 Å². The van der Waals surface area contributed by atoms with E-state index in [9.17, 15) is 0 Å². The van der Waals surface area contributed by atoms with Gasteiger partial charge < -0.3 is 0 Å². The van der Waals surface area contributed by atoms with E-state index in [1.165, 1.54) is 32.1 Å². The van der Waals surface area contributed by atoms with Crippen LogP contribution in [-0.4, -0.2) is 0 Å². The summed E-state index contributed by atoms with van der Waals surface area (Å²) in [4.78, 5) is 0. The maximum absolute atomic E-state index is 2.42. The molecular weight excluding hydrogens is 144 g/mol. The van der Waals surface area contributed by atoms with Crippen molar-refractivity contribution in [2.75, 3.05) is 0 Å². The van der Waals surface area contributed by atoms with Crippen molar-refractivity contribution in [1.82, 2.24) is 0 Å². The molecule has 0 N–H and O–H groups in total. The Bertz CT molecular complexity index is 123. The van der Waals surface area contributed by atoms with Gasteiger partial charge in [0.2, 0.25) is 0 Å². The standard InChI is InChI=1S/C12H24/c1-10(2)9-11-5-7-12(3,4)8-6-11/h10-11H,5-9H2,1-4H3. The van der Waals surface area contributed by atoms with Crippen molar-refractivity contribution in [3.8, 4) is 0 Å². The van der Waals surface area contributed by atoms with Crippen LogP contribution >= 0.6 is 0 Å². The molecule has 72 valence electrons. The smallest absolute Gasteiger partial charge is 0.0354 e. The summed E-state index contributed by atoms with van der Waals surface area (Å²) in [6.07, 6.45) is 7.31. The van der Waals surface area contributed by atoms with E-state index in [0.717, 1.165) is 11.8 Å². The molecule has 0 nitrogen and oxygen atoms in total. The predicted molar refractivity (Wildman–Crippen MR) is 55.2 cm³/mol. The lowest BCUT2D eigenvalue weighted by Gasteiger charge is -2.34. The van der Waals surface area contributed by atoms with Crippen molar-refractivity contribution < 1.29 is 0 Å². The van der Waals surface area contributed by atoms with Crippen LogP contribution in [0.3, 0.4) is 0 Å². The van der Waals surface area contributed by atoms with Crippen LogP contribution < -0.4 is 0 Å². The van der Waals surface area contributed by atoms with E-state index in [1.807, 2.05) is 0 Å². The zero-order valence-corrected chi connectivity index (χ0v) is 9.19. The lowest BCUT2D eigenvalue weighted by Crippen LogP contribution is -2.21. The van der Waals surface area contributed by atoms with Crippen LogP contribution in [0.15, 0.2) is 0 Å². The molecule has 1 saturated carbocycles. The van der Waals surface area contributed by atoms with E-state index in [2.05, 4.69) is 27.7 Å². The SMILES string of the molecule is CC(C)CC1CCC(C)(C)CC1. The minimum Gasteiger partial charge on any atom is -0.0628 e. The van der Waals surface area contributed by atoms with Gasteiger partial charge in [0.25, 0.3) is 0 Å². The van der Waals surface area contributed by atoms with E-state index in [4.69, 9.17) is 0 Å². The summed E-state index contributed by atoms with van der Waals surface area (Å²) in [6, 6.07) is 0. The molecule has 0 radical (unpaired) electrons. The average Bonchev–Trinajstić information content (AvgIpc) is 1.93. The number of rotatable bonds is 2. The molecule has 0 aromatic carbocycles. The van der Waals surface area contributed by atoms with Crippen molar-refractivity contribution in [2.24, 2.45) is 17.3 Å². The van der Waals surface area contributed by atoms with Gasteiger partial charge >= 0.3 is 0 Å².